The third-order valence-corrected chi connectivity index (χ3v) is 5.92. The van der Waals surface area contributed by atoms with Gasteiger partial charge in [0.15, 0.2) is 0 Å². The monoisotopic (exact) mass is 427 g/mol. The number of likely N-dealkylation sites (N-methyl/N-ethyl adjacent to an activating group) is 1. The van der Waals surface area contributed by atoms with Crippen LogP contribution >= 0.6 is 0 Å². The van der Waals surface area contributed by atoms with E-state index in [4.69, 9.17) is 4.74 Å². The molecule has 6 nitrogen and oxygen atoms in total. The quantitative estimate of drug-likeness (QED) is 0.422. The van der Waals surface area contributed by atoms with Gasteiger partial charge in [0.2, 0.25) is 0 Å². The fourth-order valence-electron chi connectivity index (χ4n) is 4.03. The van der Waals surface area contributed by atoms with Crippen LogP contribution in [0.4, 0.5) is 0 Å². The van der Waals surface area contributed by atoms with Gasteiger partial charge in [-0.05, 0) is 37.1 Å². The van der Waals surface area contributed by atoms with Crippen LogP contribution in [0.25, 0.3) is 5.57 Å². The lowest BCUT2D eigenvalue weighted by atomic mass is 10.0. The summed E-state index contributed by atoms with van der Waals surface area (Å²) in [7, 11) is 2.09. The zero-order chi connectivity index (χ0) is 22.4. The third-order valence-electron chi connectivity index (χ3n) is 5.92. The van der Waals surface area contributed by atoms with Crippen molar-refractivity contribution in [1.29, 1.82) is 0 Å². The van der Waals surface area contributed by atoms with E-state index in [1.165, 1.54) is 4.90 Å². The predicted octanol–water partition coefficient (Wildman–Crippen LogP) is 3.63. The average Bonchev–Trinajstić information content (AvgIpc) is 3.00. The molecule has 170 valence electrons. The van der Waals surface area contributed by atoms with Crippen molar-refractivity contribution < 1.29 is 14.3 Å². The van der Waals surface area contributed by atoms with Crippen LogP contribution < -0.4 is 4.74 Å². The van der Waals surface area contributed by atoms with Crippen LogP contribution in [0.1, 0.15) is 52.0 Å². The molecule has 0 saturated carbocycles. The number of ether oxygens (including phenoxy) is 1. The van der Waals surface area contributed by atoms with Gasteiger partial charge < -0.3 is 14.5 Å². The summed E-state index contributed by atoms with van der Waals surface area (Å²) in [5.41, 5.74) is 1.91. The van der Waals surface area contributed by atoms with E-state index in [1.807, 2.05) is 24.3 Å². The van der Waals surface area contributed by atoms with Crippen molar-refractivity contribution in [2.75, 3.05) is 46.4 Å². The Kier molecular flexibility index (Phi) is 8.13. The van der Waals surface area contributed by atoms with E-state index in [1.54, 1.807) is 0 Å². The molecule has 6 heteroatoms. The van der Waals surface area contributed by atoms with Gasteiger partial charge in [0, 0.05) is 32.7 Å². The topological polar surface area (TPSA) is 53.1 Å². The van der Waals surface area contributed by atoms with Gasteiger partial charge in [-0.25, -0.2) is 0 Å². The third kappa shape index (κ3) is 5.67. The number of imide groups is 1. The second-order valence-electron chi connectivity index (χ2n) is 9.07. The molecule has 0 bridgehead atoms. The molecule has 1 aromatic carbocycles. The number of hydrogen-bond acceptors (Lipinski definition) is 5. The van der Waals surface area contributed by atoms with Gasteiger partial charge in [0.25, 0.3) is 11.8 Å². The van der Waals surface area contributed by atoms with Crippen LogP contribution in [0.3, 0.4) is 0 Å². The minimum Gasteiger partial charge on any atom is -0.493 e. The van der Waals surface area contributed by atoms with Crippen molar-refractivity contribution in [3.05, 3.63) is 35.5 Å². The van der Waals surface area contributed by atoms with Crippen LogP contribution in [0.2, 0.25) is 0 Å². The number of piperazine rings is 1. The molecule has 1 aromatic rings. The first-order chi connectivity index (χ1) is 14.9. The average molecular weight is 428 g/mol. The first kappa shape index (κ1) is 23.3. The summed E-state index contributed by atoms with van der Waals surface area (Å²) in [4.78, 5) is 32.5. The maximum absolute atomic E-state index is 13.4. The fourth-order valence-corrected chi connectivity index (χ4v) is 4.03. The van der Waals surface area contributed by atoms with Crippen molar-refractivity contribution in [1.82, 2.24) is 14.7 Å². The lowest BCUT2D eigenvalue weighted by Gasteiger charge is -2.34. The minimum absolute atomic E-state index is 0.138. The largest absolute Gasteiger partial charge is 0.493 e. The van der Waals surface area contributed by atoms with E-state index < -0.39 is 0 Å². The van der Waals surface area contributed by atoms with Crippen molar-refractivity contribution >= 4 is 17.4 Å². The Labute approximate surface area is 186 Å². The summed E-state index contributed by atoms with van der Waals surface area (Å²) in [6.45, 7) is 10.8. The summed E-state index contributed by atoms with van der Waals surface area (Å²) in [5, 5.41) is 0. The van der Waals surface area contributed by atoms with Gasteiger partial charge in [-0.15, -0.1) is 0 Å². The Morgan fingerprint density at radius 2 is 1.61 bits per heavy atom. The normalized spacial score (nSPS) is 18.0. The molecule has 31 heavy (non-hydrogen) atoms. The summed E-state index contributed by atoms with van der Waals surface area (Å²) in [6, 6.07) is 7.61. The summed E-state index contributed by atoms with van der Waals surface area (Å²) < 4.78 is 5.79. The molecule has 1 saturated heterocycles. The number of amides is 2. The molecule has 0 unspecified atom stereocenters. The number of nitrogens with zero attached hydrogens (tertiary/aromatic N) is 3. The summed E-state index contributed by atoms with van der Waals surface area (Å²) in [6.07, 6.45) is 4.15. The highest BCUT2D eigenvalue weighted by Gasteiger charge is 2.41. The van der Waals surface area contributed by atoms with Crippen LogP contribution in [-0.4, -0.2) is 72.9 Å². The van der Waals surface area contributed by atoms with Gasteiger partial charge in [-0.1, -0.05) is 52.2 Å². The van der Waals surface area contributed by atoms with Gasteiger partial charge in [-0.2, -0.15) is 0 Å². The Morgan fingerprint density at radius 1 is 0.935 bits per heavy atom. The SMILES string of the molecule is CCCCCCN1C(=O)C(c2ccc(OCC(C)C)cc2)=C(N2CCN(C)CC2)C1=O. The standard InChI is InChI=1S/C25H37N3O3/c1-5-6-7-8-13-28-24(29)22(20-9-11-21(12-10-20)31-18-19(2)3)23(25(28)30)27-16-14-26(4)15-17-27/h9-12,19H,5-8,13-18H2,1-4H3. The molecule has 2 heterocycles. The Morgan fingerprint density at radius 3 is 2.23 bits per heavy atom. The maximum Gasteiger partial charge on any atom is 0.277 e. The van der Waals surface area contributed by atoms with E-state index in [0.29, 0.717) is 30.3 Å². The highest BCUT2D eigenvalue weighted by atomic mass is 16.5. The van der Waals surface area contributed by atoms with E-state index in [-0.39, 0.29) is 11.8 Å². The Hall–Kier alpha value is -2.34. The Balaban J connectivity index is 1.85. The van der Waals surface area contributed by atoms with Gasteiger partial charge >= 0.3 is 0 Å². The first-order valence-corrected chi connectivity index (χ1v) is 11.7. The molecule has 2 amide bonds. The molecule has 1 fully saturated rings. The molecular weight excluding hydrogens is 390 g/mol. The highest BCUT2D eigenvalue weighted by Crippen LogP contribution is 2.33. The molecule has 0 aromatic heterocycles. The highest BCUT2D eigenvalue weighted by molar-refractivity contribution is 6.35. The van der Waals surface area contributed by atoms with E-state index in [9.17, 15) is 9.59 Å². The van der Waals surface area contributed by atoms with Crippen LogP contribution in [0.5, 0.6) is 5.75 Å². The van der Waals surface area contributed by atoms with Crippen LogP contribution in [0.15, 0.2) is 30.0 Å². The number of carbonyl (C=O) groups is 2. The molecule has 2 aliphatic rings. The maximum atomic E-state index is 13.4. The van der Waals surface area contributed by atoms with Crippen molar-refractivity contribution in [2.24, 2.45) is 5.92 Å². The van der Waals surface area contributed by atoms with Crippen molar-refractivity contribution in [2.45, 2.75) is 46.5 Å². The fraction of sp³-hybridized carbons (Fsp3) is 0.600. The molecule has 0 spiro atoms. The molecule has 0 aliphatic carbocycles. The zero-order valence-corrected chi connectivity index (χ0v) is 19.5. The second kappa shape index (κ2) is 10.8. The first-order valence-electron chi connectivity index (χ1n) is 11.7. The molecule has 0 N–H and O–H groups in total. The van der Waals surface area contributed by atoms with Crippen LogP contribution in [0, 0.1) is 5.92 Å². The molecule has 3 rings (SSSR count). The lowest BCUT2D eigenvalue weighted by molar-refractivity contribution is -0.137. The van der Waals surface area contributed by atoms with Crippen molar-refractivity contribution in [3.63, 3.8) is 0 Å². The molecule has 2 aliphatic heterocycles. The van der Waals surface area contributed by atoms with E-state index >= 15 is 0 Å². The molecular formula is C25H37N3O3. The number of rotatable bonds is 10. The number of carbonyl (C=O) groups excluding carboxylic acids is 2. The van der Waals surface area contributed by atoms with Gasteiger partial charge in [0.05, 0.1) is 12.2 Å². The van der Waals surface area contributed by atoms with Crippen molar-refractivity contribution in [3.8, 4) is 5.75 Å². The van der Waals surface area contributed by atoms with Gasteiger partial charge in [0.1, 0.15) is 11.4 Å². The van der Waals surface area contributed by atoms with Crippen LogP contribution in [-0.2, 0) is 9.59 Å². The van der Waals surface area contributed by atoms with E-state index in [2.05, 4.69) is 37.6 Å². The summed E-state index contributed by atoms with van der Waals surface area (Å²) >= 11 is 0. The zero-order valence-electron chi connectivity index (χ0n) is 19.5. The summed E-state index contributed by atoms with van der Waals surface area (Å²) in [5.74, 6) is 0.932. The predicted molar refractivity (Wildman–Crippen MR) is 124 cm³/mol. The minimum atomic E-state index is -0.161. The number of unbranched alkanes of at least 4 members (excludes halogenated alkanes) is 3. The lowest BCUT2D eigenvalue weighted by Crippen LogP contribution is -2.46. The van der Waals surface area contributed by atoms with Gasteiger partial charge in [-0.3, -0.25) is 14.5 Å². The number of benzene rings is 1. The smallest absolute Gasteiger partial charge is 0.277 e. The second-order valence-corrected chi connectivity index (χ2v) is 9.07. The molecule has 0 atom stereocenters. The Bertz CT molecular complexity index is 793. The van der Waals surface area contributed by atoms with E-state index in [0.717, 1.165) is 63.2 Å². The molecule has 0 radical (unpaired) electrons. The number of hydrogen-bond donors (Lipinski definition) is 0.